The highest BCUT2D eigenvalue weighted by molar-refractivity contribution is 6.84. The summed E-state index contributed by atoms with van der Waals surface area (Å²) in [4.78, 5) is 24.9. The van der Waals surface area contributed by atoms with Crippen molar-refractivity contribution >= 4 is 20.0 Å². The summed E-state index contributed by atoms with van der Waals surface area (Å²) in [6, 6.07) is 3.44. The maximum Gasteiger partial charge on any atom is 0.324 e. The number of ether oxygens (including phenoxy) is 2. The van der Waals surface area contributed by atoms with Crippen LogP contribution in [0.25, 0.3) is 0 Å². The zero-order valence-corrected chi connectivity index (χ0v) is 16.3. The van der Waals surface area contributed by atoms with E-state index in [1.807, 2.05) is 6.92 Å². The van der Waals surface area contributed by atoms with Crippen molar-refractivity contribution in [3.05, 3.63) is 23.4 Å². The molecule has 0 N–H and O–H groups in total. The van der Waals surface area contributed by atoms with E-state index in [4.69, 9.17) is 9.47 Å². The van der Waals surface area contributed by atoms with Crippen LogP contribution in [0.5, 0.6) is 0 Å². The Morgan fingerprint density at radius 1 is 1.17 bits per heavy atom. The second kappa shape index (κ2) is 7.47. The number of rotatable bonds is 6. The number of methoxy groups -OCH3 is 2. The Hall–Kier alpha value is -1.36. The van der Waals surface area contributed by atoms with Crippen LogP contribution < -0.4 is 0 Å². The molecule has 23 heavy (non-hydrogen) atoms. The molecule has 130 valence electrons. The molecule has 0 aliphatic heterocycles. The number of esters is 2. The number of carbonyl (C=O) groups is 2. The van der Waals surface area contributed by atoms with Crippen LogP contribution in [0.4, 0.5) is 0 Å². The Kier molecular flexibility index (Phi) is 6.39. The maximum absolute atomic E-state index is 12.4. The van der Waals surface area contributed by atoms with Crippen LogP contribution in [0.3, 0.4) is 0 Å². The first-order chi connectivity index (χ1) is 10.8. The van der Waals surface area contributed by atoms with Gasteiger partial charge in [0.15, 0.2) is 5.41 Å². The summed E-state index contributed by atoms with van der Waals surface area (Å²) in [7, 11) is 1.08. The Morgan fingerprint density at radius 2 is 1.61 bits per heavy atom. The smallest absolute Gasteiger partial charge is 0.324 e. The van der Waals surface area contributed by atoms with Crippen molar-refractivity contribution in [3.8, 4) is 0 Å². The minimum Gasteiger partial charge on any atom is -0.468 e. The number of allylic oxidation sites excluding steroid dienone is 2. The summed E-state index contributed by atoms with van der Waals surface area (Å²) in [6.45, 7) is 12.7. The number of hydrogen-bond acceptors (Lipinski definition) is 4. The summed E-state index contributed by atoms with van der Waals surface area (Å²) in [5.41, 5.74) is 2.99. The molecule has 1 aliphatic carbocycles. The molecule has 0 heterocycles. The Labute approximate surface area is 140 Å². The molecule has 0 aromatic heterocycles. The predicted molar refractivity (Wildman–Crippen MR) is 94.7 cm³/mol. The largest absolute Gasteiger partial charge is 0.468 e. The van der Waals surface area contributed by atoms with Crippen molar-refractivity contribution < 1.29 is 19.1 Å². The topological polar surface area (TPSA) is 52.6 Å². The minimum atomic E-state index is -1.55. The van der Waals surface area contributed by atoms with Gasteiger partial charge >= 0.3 is 11.9 Å². The molecular weight excluding hydrogens is 308 g/mol. The van der Waals surface area contributed by atoms with E-state index in [0.717, 1.165) is 29.3 Å². The molecule has 1 atom stereocenters. The van der Waals surface area contributed by atoms with Crippen molar-refractivity contribution in [2.45, 2.75) is 52.2 Å². The van der Waals surface area contributed by atoms with E-state index in [0.29, 0.717) is 0 Å². The molecule has 5 heteroatoms. The Morgan fingerprint density at radius 3 is 1.96 bits per heavy atom. The van der Waals surface area contributed by atoms with Gasteiger partial charge in [0, 0.05) is 5.92 Å². The van der Waals surface area contributed by atoms with Gasteiger partial charge in [-0.3, -0.25) is 9.59 Å². The van der Waals surface area contributed by atoms with Crippen LogP contribution in [-0.2, 0) is 19.1 Å². The summed E-state index contributed by atoms with van der Waals surface area (Å²) in [6.07, 6.45) is 0.279. The molecule has 0 amide bonds. The molecule has 0 spiro atoms. The zero-order chi connectivity index (χ0) is 17.8. The van der Waals surface area contributed by atoms with E-state index in [9.17, 15) is 9.59 Å². The lowest BCUT2D eigenvalue weighted by molar-refractivity contribution is -0.170. The molecule has 1 saturated carbocycles. The SMILES string of the molecule is C=C1CC(C(=O)OC)(C(=O)OC)C(C)/C1=C/[Si](CC)(CC)CC. The summed E-state index contributed by atoms with van der Waals surface area (Å²) >= 11 is 0. The van der Waals surface area contributed by atoms with Gasteiger partial charge in [0.05, 0.1) is 22.3 Å². The van der Waals surface area contributed by atoms with Crippen molar-refractivity contribution in [2.75, 3.05) is 14.2 Å². The Balaban J connectivity index is 3.44. The lowest BCUT2D eigenvalue weighted by Crippen LogP contribution is -2.43. The van der Waals surface area contributed by atoms with Gasteiger partial charge in [-0.05, 0) is 12.0 Å². The van der Waals surface area contributed by atoms with E-state index in [1.54, 1.807) is 0 Å². The van der Waals surface area contributed by atoms with E-state index in [1.165, 1.54) is 14.2 Å². The summed E-state index contributed by atoms with van der Waals surface area (Å²) in [5.74, 6) is -1.33. The molecule has 0 aromatic rings. The highest BCUT2D eigenvalue weighted by atomic mass is 28.3. The second-order valence-electron chi connectivity index (χ2n) is 6.48. The third-order valence-corrected chi connectivity index (χ3v) is 10.9. The van der Waals surface area contributed by atoms with Gasteiger partial charge in [-0.1, -0.05) is 63.7 Å². The fraction of sp³-hybridized carbons (Fsp3) is 0.667. The predicted octanol–water partition coefficient (Wildman–Crippen LogP) is 3.89. The first-order valence-electron chi connectivity index (χ1n) is 8.36. The molecular formula is C18H30O4Si. The minimum absolute atomic E-state index is 0.272. The quantitative estimate of drug-likeness (QED) is 0.419. The van der Waals surface area contributed by atoms with Crippen LogP contribution >= 0.6 is 0 Å². The van der Waals surface area contributed by atoms with Crippen LogP contribution in [0, 0.1) is 11.3 Å². The highest BCUT2D eigenvalue weighted by Crippen LogP contribution is 2.51. The van der Waals surface area contributed by atoms with Gasteiger partial charge < -0.3 is 9.47 Å². The standard InChI is InChI=1S/C18H30O4Si/c1-8-23(9-2,10-3)12-15-13(4)11-18(14(15)5,16(19)21-6)17(20)22-7/h12,14H,4,8-11H2,1-3,5-7H3/b15-12+. The molecule has 4 nitrogen and oxygen atoms in total. The molecule has 0 saturated heterocycles. The van der Waals surface area contributed by atoms with Crippen LogP contribution in [0.15, 0.2) is 23.4 Å². The van der Waals surface area contributed by atoms with Crippen molar-refractivity contribution in [2.24, 2.45) is 11.3 Å². The van der Waals surface area contributed by atoms with Gasteiger partial charge in [-0.15, -0.1) is 0 Å². The van der Waals surface area contributed by atoms with E-state index < -0.39 is 25.4 Å². The maximum atomic E-state index is 12.4. The third kappa shape index (κ3) is 3.16. The molecule has 0 bridgehead atoms. The van der Waals surface area contributed by atoms with Gasteiger partial charge in [0.1, 0.15) is 0 Å². The second-order valence-corrected chi connectivity index (χ2v) is 11.6. The van der Waals surface area contributed by atoms with Crippen molar-refractivity contribution in [1.82, 2.24) is 0 Å². The lowest BCUT2D eigenvalue weighted by atomic mass is 9.78. The van der Waals surface area contributed by atoms with E-state index >= 15 is 0 Å². The lowest BCUT2D eigenvalue weighted by Gasteiger charge is -2.29. The third-order valence-electron chi connectivity index (χ3n) is 5.78. The first-order valence-corrected chi connectivity index (χ1v) is 11.1. The Bertz CT molecular complexity index is 493. The van der Waals surface area contributed by atoms with E-state index in [2.05, 4.69) is 33.0 Å². The normalized spacial score (nSPS) is 22.3. The monoisotopic (exact) mass is 338 g/mol. The van der Waals surface area contributed by atoms with Gasteiger partial charge in [-0.2, -0.15) is 0 Å². The van der Waals surface area contributed by atoms with Crippen molar-refractivity contribution in [1.29, 1.82) is 0 Å². The molecule has 1 aliphatic rings. The molecule has 0 radical (unpaired) electrons. The zero-order valence-electron chi connectivity index (χ0n) is 15.3. The summed E-state index contributed by atoms with van der Waals surface area (Å²) in [5, 5.41) is 0. The fourth-order valence-corrected chi connectivity index (χ4v) is 6.95. The molecule has 1 fully saturated rings. The highest BCUT2D eigenvalue weighted by Gasteiger charge is 2.58. The van der Waals surface area contributed by atoms with Gasteiger partial charge in [0.2, 0.25) is 0 Å². The number of hydrogen-bond donors (Lipinski definition) is 0. The van der Waals surface area contributed by atoms with Crippen molar-refractivity contribution in [3.63, 3.8) is 0 Å². The molecule has 1 unspecified atom stereocenters. The van der Waals surface area contributed by atoms with Gasteiger partial charge in [-0.25, -0.2) is 0 Å². The summed E-state index contributed by atoms with van der Waals surface area (Å²) < 4.78 is 9.88. The average Bonchev–Trinajstić information content (AvgIpc) is 2.83. The van der Waals surface area contributed by atoms with Crippen LogP contribution in [0.1, 0.15) is 34.1 Å². The number of carbonyl (C=O) groups excluding carboxylic acids is 2. The van der Waals surface area contributed by atoms with Crippen LogP contribution in [-0.4, -0.2) is 34.2 Å². The first kappa shape index (κ1) is 19.7. The molecule has 1 rings (SSSR count). The molecule has 0 aromatic carbocycles. The van der Waals surface area contributed by atoms with E-state index in [-0.39, 0.29) is 12.3 Å². The van der Waals surface area contributed by atoms with Crippen LogP contribution in [0.2, 0.25) is 18.1 Å². The fourth-order valence-electron chi connectivity index (χ4n) is 3.72. The van der Waals surface area contributed by atoms with Gasteiger partial charge in [0.25, 0.3) is 0 Å². The average molecular weight is 339 g/mol.